The first-order valence-electron chi connectivity index (χ1n) is 6.14. The third-order valence-electron chi connectivity index (χ3n) is 3.17. The van der Waals surface area contributed by atoms with E-state index in [1.807, 2.05) is 11.3 Å². The van der Waals surface area contributed by atoms with Crippen molar-refractivity contribution < 1.29 is 0 Å². The minimum Gasteiger partial charge on any atom is -0.314 e. The summed E-state index contributed by atoms with van der Waals surface area (Å²) in [5, 5.41) is 8.16. The fourth-order valence-electron chi connectivity index (χ4n) is 2.09. The van der Waals surface area contributed by atoms with Crippen LogP contribution in [-0.2, 0) is 6.42 Å². The highest BCUT2D eigenvalue weighted by Crippen LogP contribution is 2.34. The van der Waals surface area contributed by atoms with Gasteiger partial charge in [0.2, 0.25) is 0 Å². The molecule has 2 heteroatoms. The van der Waals surface area contributed by atoms with Gasteiger partial charge in [-0.05, 0) is 67.0 Å². The van der Waals surface area contributed by atoms with E-state index in [1.54, 1.807) is 0 Å². The Morgan fingerprint density at radius 3 is 3.00 bits per heavy atom. The molecular weight excluding hydrogens is 202 g/mol. The normalized spacial score (nSPS) is 17.9. The lowest BCUT2D eigenvalue weighted by Gasteiger charge is -2.17. The van der Waals surface area contributed by atoms with Gasteiger partial charge in [-0.2, -0.15) is 11.3 Å². The summed E-state index contributed by atoms with van der Waals surface area (Å²) in [5.41, 5.74) is 1.52. The summed E-state index contributed by atoms with van der Waals surface area (Å²) < 4.78 is 0. The van der Waals surface area contributed by atoms with Crippen LogP contribution in [-0.4, -0.2) is 12.6 Å². The maximum absolute atomic E-state index is 3.70. The highest BCUT2D eigenvalue weighted by molar-refractivity contribution is 7.07. The summed E-state index contributed by atoms with van der Waals surface area (Å²) in [7, 11) is 0. The van der Waals surface area contributed by atoms with Gasteiger partial charge in [-0.15, -0.1) is 0 Å². The quantitative estimate of drug-likeness (QED) is 0.746. The topological polar surface area (TPSA) is 12.0 Å². The molecule has 0 radical (unpaired) electrons. The molecule has 0 saturated heterocycles. The molecule has 0 amide bonds. The summed E-state index contributed by atoms with van der Waals surface area (Å²) in [4.78, 5) is 0. The van der Waals surface area contributed by atoms with E-state index in [4.69, 9.17) is 0 Å². The number of rotatable bonds is 7. The maximum atomic E-state index is 3.70. The van der Waals surface area contributed by atoms with Crippen molar-refractivity contribution in [1.29, 1.82) is 0 Å². The number of nitrogens with one attached hydrogen (secondary N) is 1. The van der Waals surface area contributed by atoms with Gasteiger partial charge in [0.15, 0.2) is 0 Å². The summed E-state index contributed by atoms with van der Waals surface area (Å²) in [6.45, 7) is 3.43. The standard InChI is InChI=1S/C13H21NS/c1-2-8-14-13(12-4-5-12)6-3-11-7-9-15-10-11/h7,9-10,12-14H,2-6,8H2,1H3. The Labute approximate surface area is 96.9 Å². The van der Waals surface area contributed by atoms with Gasteiger partial charge in [-0.1, -0.05) is 6.92 Å². The van der Waals surface area contributed by atoms with E-state index in [0.717, 1.165) is 12.0 Å². The number of hydrogen-bond acceptors (Lipinski definition) is 2. The molecule has 1 aliphatic carbocycles. The van der Waals surface area contributed by atoms with Crippen molar-refractivity contribution in [3.63, 3.8) is 0 Å². The fourth-order valence-corrected chi connectivity index (χ4v) is 2.79. The van der Waals surface area contributed by atoms with Crippen molar-refractivity contribution in [3.8, 4) is 0 Å². The zero-order chi connectivity index (χ0) is 10.5. The molecule has 1 heterocycles. The monoisotopic (exact) mass is 223 g/mol. The van der Waals surface area contributed by atoms with Crippen molar-refractivity contribution in [2.75, 3.05) is 6.54 Å². The van der Waals surface area contributed by atoms with Gasteiger partial charge >= 0.3 is 0 Å². The first-order chi connectivity index (χ1) is 7.40. The lowest BCUT2D eigenvalue weighted by molar-refractivity contribution is 0.436. The number of hydrogen-bond donors (Lipinski definition) is 1. The van der Waals surface area contributed by atoms with Crippen LogP contribution in [0.15, 0.2) is 16.8 Å². The fraction of sp³-hybridized carbons (Fsp3) is 0.692. The molecule has 0 aliphatic heterocycles. The largest absolute Gasteiger partial charge is 0.314 e. The molecule has 1 aromatic heterocycles. The molecule has 2 rings (SSSR count). The van der Waals surface area contributed by atoms with E-state index >= 15 is 0 Å². The first kappa shape index (κ1) is 11.2. The molecule has 84 valence electrons. The van der Waals surface area contributed by atoms with Gasteiger partial charge in [-0.3, -0.25) is 0 Å². The molecule has 0 aromatic carbocycles. The van der Waals surface area contributed by atoms with E-state index in [9.17, 15) is 0 Å². The van der Waals surface area contributed by atoms with Gasteiger partial charge < -0.3 is 5.32 Å². The SMILES string of the molecule is CCCNC(CCc1ccsc1)C1CC1. The van der Waals surface area contributed by atoms with E-state index in [0.29, 0.717) is 0 Å². The van der Waals surface area contributed by atoms with Gasteiger partial charge in [0, 0.05) is 6.04 Å². The maximum Gasteiger partial charge on any atom is 0.00984 e. The first-order valence-corrected chi connectivity index (χ1v) is 7.09. The third kappa shape index (κ3) is 3.62. The third-order valence-corrected chi connectivity index (χ3v) is 3.90. The molecular formula is C13H21NS. The van der Waals surface area contributed by atoms with Gasteiger partial charge in [0.25, 0.3) is 0 Å². The number of thiophene rings is 1. The second kappa shape index (κ2) is 5.66. The summed E-state index contributed by atoms with van der Waals surface area (Å²) in [6, 6.07) is 3.04. The Bertz CT molecular complexity index is 264. The van der Waals surface area contributed by atoms with Gasteiger partial charge in [0.1, 0.15) is 0 Å². The second-order valence-electron chi connectivity index (χ2n) is 4.57. The molecule has 1 saturated carbocycles. The Hall–Kier alpha value is -0.340. The van der Waals surface area contributed by atoms with Crippen molar-refractivity contribution in [2.24, 2.45) is 5.92 Å². The van der Waals surface area contributed by atoms with E-state index in [-0.39, 0.29) is 0 Å². The minimum absolute atomic E-state index is 0.782. The summed E-state index contributed by atoms with van der Waals surface area (Å²) in [6.07, 6.45) is 6.72. The minimum atomic E-state index is 0.782. The average Bonchev–Trinajstić information content (AvgIpc) is 2.95. The van der Waals surface area contributed by atoms with Crippen molar-refractivity contribution in [2.45, 2.75) is 45.1 Å². The highest BCUT2D eigenvalue weighted by atomic mass is 32.1. The predicted molar refractivity (Wildman–Crippen MR) is 67.4 cm³/mol. The Morgan fingerprint density at radius 2 is 2.40 bits per heavy atom. The van der Waals surface area contributed by atoms with Crippen LogP contribution in [0.5, 0.6) is 0 Å². The lowest BCUT2D eigenvalue weighted by Crippen LogP contribution is -2.32. The van der Waals surface area contributed by atoms with Crippen LogP contribution in [0, 0.1) is 5.92 Å². The van der Waals surface area contributed by atoms with Crippen molar-refractivity contribution in [3.05, 3.63) is 22.4 Å². The highest BCUT2D eigenvalue weighted by Gasteiger charge is 2.30. The summed E-state index contributed by atoms with van der Waals surface area (Å²) in [5.74, 6) is 0.982. The average molecular weight is 223 g/mol. The Kier molecular flexibility index (Phi) is 4.21. The van der Waals surface area contributed by atoms with Crippen LogP contribution < -0.4 is 5.32 Å². The van der Waals surface area contributed by atoms with E-state index in [1.165, 1.54) is 44.2 Å². The second-order valence-corrected chi connectivity index (χ2v) is 5.35. The van der Waals surface area contributed by atoms with Crippen LogP contribution in [0.3, 0.4) is 0 Å². The Balaban J connectivity index is 1.74. The molecule has 1 unspecified atom stereocenters. The van der Waals surface area contributed by atoms with Crippen LogP contribution in [0.25, 0.3) is 0 Å². The molecule has 1 aromatic rings. The van der Waals surface area contributed by atoms with Crippen molar-refractivity contribution >= 4 is 11.3 Å². The summed E-state index contributed by atoms with van der Waals surface area (Å²) >= 11 is 1.81. The molecule has 0 bridgehead atoms. The zero-order valence-electron chi connectivity index (χ0n) is 9.54. The number of aryl methyl sites for hydroxylation is 1. The van der Waals surface area contributed by atoms with E-state index < -0.39 is 0 Å². The molecule has 1 aliphatic rings. The van der Waals surface area contributed by atoms with Gasteiger partial charge in [-0.25, -0.2) is 0 Å². The molecule has 15 heavy (non-hydrogen) atoms. The molecule has 1 atom stereocenters. The van der Waals surface area contributed by atoms with Crippen LogP contribution in [0.2, 0.25) is 0 Å². The molecule has 1 fully saturated rings. The van der Waals surface area contributed by atoms with Crippen molar-refractivity contribution in [1.82, 2.24) is 5.32 Å². The van der Waals surface area contributed by atoms with Crippen LogP contribution in [0.1, 0.15) is 38.2 Å². The molecule has 1 N–H and O–H groups in total. The smallest absolute Gasteiger partial charge is 0.00984 e. The Morgan fingerprint density at radius 1 is 1.53 bits per heavy atom. The van der Waals surface area contributed by atoms with Gasteiger partial charge in [0.05, 0.1) is 0 Å². The molecule has 0 spiro atoms. The van der Waals surface area contributed by atoms with Crippen LogP contribution in [0.4, 0.5) is 0 Å². The lowest BCUT2D eigenvalue weighted by atomic mass is 10.0. The van der Waals surface area contributed by atoms with Crippen LogP contribution >= 0.6 is 11.3 Å². The molecule has 1 nitrogen and oxygen atoms in total. The zero-order valence-corrected chi connectivity index (χ0v) is 10.4. The predicted octanol–water partition coefficient (Wildman–Crippen LogP) is 3.46. The van der Waals surface area contributed by atoms with E-state index in [2.05, 4.69) is 29.1 Å².